The summed E-state index contributed by atoms with van der Waals surface area (Å²) in [5.41, 5.74) is 2.44. The lowest BCUT2D eigenvalue weighted by atomic mass is 9.97. The van der Waals surface area contributed by atoms with E-state index in [1.165, 1.54) is 5.56 Å². The van der Waals surface area contributed by atoms with Crippen LogP contribution in [-0.2, 0) is 27.3 Å². The standard InChI is InChI=1S/C23H24N2O4/c1-2-29-20(26)17-7-9-19(10-8-17)24-21(27)23(12-13-23)22(28)25-14-11-16-5-3-4-6-18(16)15-25/h3-10H,2,11-15H2,1H3,(H,24,27). The van der Waals surface area contributed by atoms with Crippen LogP contribution < -0.4 is 5.32 Å². The Morgan fingerprint density at radius 1 is 1.03 bits per heavy atom. The molecular formula is C23H24N2O4. The summed E-state index contributed by atoms with van der Waals surface area (Å²) in [5.74, 6) is -0.762. The van der Waals surface area contributed by atoms with E-state index in [0.29, 0.717) is 43.8 Å². The number of nitrogens with one attached hydrogen (secondary N) is 1. The van der Waals surface area contributed by atoms with E-state index in [0.717, 1.165) is 12.0 Å². The van der Waals surface area contributed by atoms with Gasteiger partial charge in [-0.15, -0.1) is 0 Å². The minimum atomic E-state index is -0.966. The van der Waals surface area contributed by atoms with E-state index in [1.807, 2.05) is 18.2 Å². The van der Waals surface area contributed by atoms with Crippen molar-refractivity contribution in [1.29, 1.82) is 0 Å². The summed E-state index contributed by atoms with van der Waals surface area (Å²) in [7, 11) is 0. The van der Waals surface area contributed by atoms with Gasteiger partial charge in [0.25, 0.3) is 0 Å². The lowest BCUT2D eigenvalue weighted by Crippen LogP contribution is -2.45. The third kappa shape index (κ3) is 3.75. The third-order valence-electron chi connectivity index (χ3n) is 5.67. The fourth-order valence-corrected chi connectivity index (χ4v) is 3.79. The Balaban J connectivity index is 1.42. The van der Waals surface area contributed by atoms with Crippen LogP contribution in [0.2, 0.25) is 0 Å². The molecule has 1 aliphatic heterocycles. The van der Waals surface area contributed by atoms with Gasteiger partial charge in [-0.05, 0) is 61.6 Å². The SMILES string of the molecule is CCOC(=O)c1ccc(NC(=O)C2(C(=O)N3CCc4ccccc4C3)CC2)cc1. The molecular weight excluding hydrogens is 368 g/mol. The Morgan fingerprint density at radius 3 is 2.38 bits per heavy atom. The summed E-state index contributed by atoms with van der Waals surface area (Å²) in [6.07, 6.45) is 1.95. The van der Waals surface area contributed by atoms with Gasteiger partial charge in [0.1, 0.15) is 5.41 Å². The van der Waals surface area contributed by atoms with Gasteiger partial charge >= 0.3 is 5.97 Å². The summed E-state index contributed by atoms with van der Waals surface area (Å²) in [5, 5.41) is 2.84. The zero-order valence-corrected chi connectivity index (χ0v) is 16.4. The maximum atomic E-state index is 13.1. The molecule has 6 heteroatoms. The van der Waals surface area contributed by atoms with Gasteiger partial charge in [0, 0.05) is 18.8 Å². The molecule has 4 rings (SSSR count). The van der Waals surface area contributed by atoms with Gasteiger partial charge in [0.05, 0.1) is 12.2 Å². The molecule has 2 aromatic rings. The molecule has 2 amide bonds. The van der Waals surface area contributed by atoms with E-state index in [2.05, 4.69) is 11.4 Å². The number of benzene rings is 2. The van der Waals surface area contributed by atoms with Gasteiger partial charge < -0.3 is 15.0 Å². The summed E-state index contributed by atoms with van der Waals surface area (Å²) < 4.78 is 4.96. The monoisotopic (exact) mass is 392 g/mol. The number of anilines is 1. The van der Waals surface area contributed by atoms with E-state index < -0.39 is 11.4 Å². The molecule has 0 atom stereocenters. The normalized spacial score (nSPS) is 16.5. The summed E-state index contributed by atoms with van der Waals surface area (Å²) >= 11 is 0. The van der Waals surface area contributed by atoms with Crippen molar-refractivity contribution in [3.05, 3.63) is 65.2 Å². The van der Waals surface area contributed by atoms with Crippen molar-refractivity contribution in [3.63, 3.8) is 0 Å². The fraction of sp³-hybridized carbons (Fsp3) is 0.348. The Labute approximate surface area is 169 Å². The number of carbonyl (C=O) groups is 3. The highest BCUT2D eigenvalue weighted by Crippen LogP contribution is 2.48. The second kappa shape index (κ2) is 7.70. The minimum Gasteiger partial charge on any atom is -0.462 e. The Hall–Kier alpha value is -3.15. The van der Waals surface area contributed by atoms with Crippen molar-refractivity contribution in [3.8, 4) is 0 Å². The van der Waals surface area contributed by atoms with Gasteiger partial charge in [-0.1, -0.05) is 24.3 Å². The molecule has 0 saturated heterocycles. The van der Waals surface area contributed by atoms with Crippen LogP contribution in [0.1, 0.15) is 41.3 Å². The van der Waals surface area contributed by atoms with E-state index in [9.17, 15) is 14.4 Å². The van der Waals surface area contributed by atoms with Crippen molar-refractivity contribution < 1.29 is 19.1 Å². The van der Waals surface area contributed by atoms with E-state index in [4.69, 9.17) is 4.74 Å². The fourth-order valence-electron chi connectivity index (χ4n) is 3.79. The average molecular weight is 392 g/mol. The molecule has 0 aromatic heterocycles. The van der Waals surface area contributed by atoms with Crippen molar-refractivity contribution in [2.24, 2.45) is 5.41 Å². The summed E-state index contributed by atoms with van der Waals surface area (Å²) in [6.45, 7) is 3.25. The zero-order valence-electron chi connectivity index (χ0n) is 16.4. The molecule has 6 nitrogen and oxygen atoms in total. The summed E-state index contributed by atoms with van der Waals surface area (Å²) in [6, 6.07) is 14.7. The van der Waals surface area contributed by atoms with E-state index >= 15 is 0 Å². The number of nitrogens with zero attached hydrogens (tertiary/aromatic N) is 1. The van der Waals surface area contributed by atoms with Gasteiger partial charge in [-0.3, -0.25) is 9.59 Å². The number of carbonyl (C=O) groups excluding carboxylic acids is 3. The van der Waals surface area contributed by atoms with Crippen molar-refractivity contribution in [1.82, 2.24) is 4.90 Å². The van der Waals surface area contributed by atoms with Crippen molar-refractivity contribution in [2.45, 2.75) is 32.7 Å². The predicted octanol–water partition coefficient (Wildman–Crippen LogP) is 3.17. The molecule has 1 saturated carbocycles. The Bertz CT molecular complexity index is 948. The first kappa shape index (κ1) is 19.2. The molecule has 0 bridgehead atoms. The van der Waals surface area contributed by atoms with Gasteiger partial charge in [0.15, 0.2) is 0 Å². The molecule has 0 radical (unpaired) electrons. The topological polar surface area (TPSA) is 75.7 Å². The first-order valence-electron chi connectivity index (χ1n) is 9.98. The highest BCUT2D eigenvalue weighted by Gasteiger charge is 2.58. The highest BCUT2D eigenvalue weighted by atomic mass is 16.5. The molecule has 0 unspecified atom stereocenters. The van der Waals surface area contributed by atoms with Crippen LogP contribution in [0, 0.1) is 5.41 Å². The molecule has 1 aliphatic carbocycles. The smallest absolute Gasteiger partial charge is 0.338 e. The first-order chi connectivity index (χ1) is 14.0. The number of rotatable bonds is 5. The molecule has 1 N–H and O–H groups in total. The zero-order chi connectivity index (χ0) is 20.4. The van der Waals surface area contributed by atoms with Crippen LogP contribution in [0.4, 0.5) is 5.69 Å². The lowest BCUT2D eigenvalue weighted by molar-refractivity contribution is -0.143. The number of esters is 1. The van der Waals surface area contributed by atoms with Gasteiger partial charge in [-0.2, -0.15) is 0 Å². The van der Waals surface area contributed by atoms with Crippen LogP contribution in [0.15, 0.2) is 48.5 Å². The largest absolute Gasteiger partial charge is 0.462 e. The summed E-state index contributed by atoms with van der Waals surface area (Å²) in [4.78, 5) is 39.6. The van der Waals surface area contributed by atoms with Crippen LogP contribution in [0.5, 0.6) is 0 Å². The molecule has 1 heterocycles. The van der Waals surface area contributed by atoms with E-state index in [1.54, 1.807) is 36.1 Å². The van der Waals surface area contributed by atoms with Crippen LogP contribution in [-0.4, -0.2) is 35.8 Å². The first-order valence-corrected chi connectivity index (χ1v) is 9.98. The molecule has 2 aromatic carbocycles. The minimum absolute atomic E-state index is 0.0901. The number of hydrogen-bond acceptors (Lipinski definition) is 4. The maximum absolute atomic E-state index is 13.1. The Kier molecular flexibility index (Phi) is 5.09. The molecule has 1 fully saturated rings. The molecule has 150 valence electrons. The molecule has 0 spiro atoms. The second-order valence-corrected chi connectivity index (χ2v) is 7.58. The number of fused-ring (bicyclic) bond motifs is 1. The molecule has 2 aliphatic rings. The lowest BCUT2D eigenvalue weighted by Gasteiger charge is -2.31. The van der Waals surface area contributed by atoms with Gasteiger partial charge in [0.2, 0.25) is 11.8 Å². The number of ether oxygens (including phenoxy) is 1. The predicted molar refractivity (Wildman–Crippen MR) is 108 cm³/mol. The van der Waals surface area contributed by atoms with Crippen molar-refractivity contribution >= 4 is 23.5 Å². The highest BCUT2D eigenvalue weighted by molar-refractivity contribution is 6.13. The van der Waals surface area contributed by atoms with Crippen LogP contribution >= 0.6 is 0 Å². The number of hydrogen-bond donors (Lipinski definition) is 1. The second-order valence-electron chi connectivity index (χ2n) is 7.58. The Morgan fingerprint density at radius 2 is 1.72 bits per heavy atom. The number of amides is 2. The third-order valence-corrected chi connectivity index (χ3v) is 5.67. The van der Waals surface area contributed by atoms with Crippen molar-refractivity contribution in [2.75, 3.05) is 18.5 Å². The average Bonchev–Trinajstić information content (AvgIpc) is 3.56. The van der Waals surface area contributed by atoms with Crippen LogP contribution in [0.25, 0.3) is 0 Å². The van der Waals surface area contributed by atoms with E-state index in [-0.39, 0.29) is 11.8 Å². The quantitative estimate of drug-likeness (QED) is 0.626. The maximum Gasteiger partial charge on any atom is 0.338 e. The van der Waals surface area contributed by atoms with Gasteiger partial charge in [-0.25, -0.2) is 4.79 Å². The molecule has 29 heavy (non-hydrogen) atoms. The van der Waals surface area contributed by atoms with Crippen LogP contribution in [0.3, 0.4) is 0 Å².